The first-order chi connectivity index (χ1) is 38.9. The minimum atomic E-state index is -5.15. The highest BCUT2D eigenvalue weighted by Crippen LogP contribution is 2.47. The van der Waals surface area contributed by atoms with Crippen LogP contribution in [0.4, 0.5) is 26.3 Å². The van der Waals surface area contributed by atoms with Crippen LogP contribution in [0.1, 0.15) is 16.7 Å². The van der Waals surface area contributed by atoms with E-state index in [1.165, 1.54) is 6.07 Å². The highest BCUT2D eigenvalue weighted by Gasteiger charge is 2.39. The van der Waals surface area contributed by atoms with Gasteiger partial charge >= 0.3 is 12.4 Å². The van der Waals surface area contributed by atoms with Crippen LogP contribution in [0.2, 0.25) is 0 Å². The van der Waals surface area contributed by atoms with Crippen LogP contribution in [0.15, 0.2) is 237 Å². The van der Waals surface area contributed by atoms with Gasteiger partial charge in [0.1, 0.15) is 0 Å². The second kappa shape index (κ2) is 17.3. The summed E-state index contributed by atoms with van der Waals surface area (Å²) >= 11 is 0. The zero-order valence-electron chi connectivity index (χ0n) is 42.0. The molecule has 0 aliphatic rings. The van der Waals surface area contributed by atoms with Gasteiger partial charge in [0.05, 0.1) is 78.3 Å². The van der Waals surface area contributed by atoms with E-state index in [9.17, 15) is 18.4 Å². The fraction of sp³-hybridized carbons (Fsp3) is 0.0290. The summed E-state index contributed by atoms with van der Waals surface area (Å²) in [4.78, 5) is 0. The van der Waals surface area contributed by atoms with Gasteiger partial charge in [-0.05, 0) is 126 Å². The van der Waals surface area contributed by atoms with Gasteiger partial charge in [0.15, 0.2) is 0 Å². The summed E-state index contributed by atoms with van der Waals surface area (Å²) in [6, 6.07) is 76.1. The van der Waals surface area contributed by atoms with Crippen LogP contribution in [0.25, 0.3) is 132 Å². The maximum atomic E-state index is 15.2. The second-order valence-corrected chi connectivity index (χ2v) is 20.2. The molecule has 15 aromatic rings. The molecule has 0 N–H and O–H groups in total. The Balaban J connectivity index is 1.01. The molecule has 4 aromatic heterocycles. The highest BCUT2D eigenvalue weighted by atomic mass is 19.4. The van der Waals surface area contributed by atoms with E-state index in [0.717, 1.165) is 105 Å². The Hall–Kier alpha value is -10.3. The molecule has 0 saturated heterocycles. The first-order valence-electron chi connectivity index (χ1n) is 25.9. The number of hydrogen-bond acceptors (Lipinski definition) is 1. The number of rotatable bonds is 6. The summed E-state index contributed by atoms with van der Waals surface area (Å²) in [5.74, 6) is 0. The molecule has 0 bridgehead atoms. The number of hydrogen-bond donors (Lipinski definition) is 0. The molecule has 0 fully saturated rings. The quantitative estimate of drug-likeness (QED) is 0.153. The van der Waals surface area contributed by atoms with Crippen LogP contribution in [0.5, 0.6) is 0 Å². The third kappa shape index (κ3) is 7.05. The summed E-state index contributed by atoms with van der Waals surface area (Å²) in [6.45, 7) is 0. The van der Waals surface area contributed by atoms with Crippen molar-refractivity contribution in [2.75, 3.05) is 0 Å². The van der Waals surface area contributed by atoms with Gasteiger partial charge in [-0.2, -0.15) is 31.6 Å². The van der Waals surface area contributed by atoms with Gasteiger partial charge in [-0.3, -0.25) is 0 Å². The van der Waals surface area contributed by atoms with Crippen molar-refractivity contribution in [1.29, 1.82) is 5.26 Å². The number of nitriles is 1. The van der Waals surface area contributed by atoms with Crippen molar-refractivity contribution in [1.82, 2.24) is 18.3 Å². The lowest BCUT2D eigenvalue weighted by Gasteiger charge is -2.21. The number of aromatic nitrogens is 4. The molecule has 15 rings (SSSR count). The number of halogens is 6. The summed E-state index contributed by atoms with van der Waals surface area (Å²) in [5, 5.41) is 18.8. The van der Waals surface area contributed by atoms with E-state index in [1.54, 1.807) is 24.3 Å². The molecule has 0 unspecified atom stereocenters. The SMILES string of the molecule is N#Cc1ccc(-n2c3ccccc3c3cc(-n4c5ccccc5c5ccccc54)ccc32)c(-c2cc(-c3ccc(C(F)(F)F)cc3C(F)(F)F)ccc2-n2c3ccccc3c3cc(-n4c5ccccc5c5ccccc54)ccc32)c1. The summed E-state index contributed by atoms with van der Waals surface area (Å²) < 4.78 is 96.8. The first kappa shape index (κ1) is 46.9. The van der Waals surface area contributed by atoms with Crippen LogP contribution < -0.4 is 0 Å². The molecule has 5 nitrogen and oxygen atoms in total. The lowest BCUT2D eigenvalue weighted by Crippen LogP contribution is -2.12. The summed E-state index contributed by atoms with van der Waals surface area (Å²) in [6.07, 6.45) is -10.2. The zero-order chi connectivity index (χ0) is 54.2. The van der Waals surface area contributed by atoms with Crippen molar-refractivity contribution in [2.45, 2.75) is 12.4 Å². The van der Waals surface area contributed by atoms with Crippen molar-refractivity contribution in [2.24, 2.45) is 0 Å². The minimum Gasteiger partial charge on any atom is -0.309 e. The maximum Gasteiger partial charge on any atom is 0.417 e. The molecule has 0 amide bonds. The molecule has 0 radical (unpaired) electrons. The van der Waals surface area contributed by atoms with Crippen LogP contribution in [0, 0.1) is 11.3 Å². The maximum absolute atomic E-state index is 15.2. The topological polar surface area (TPSA) is 43.5 Å². The number of para-hydroxylation sites is 6. The van der Waals surface area contributed by atoms with E-state index in [0.29, 0.717) is 28.6 Å². The summed E-state index contributed by atoms with van der Waals surface area (Å²) in [7, 11) is 0. The van der Waals surface area contributed by atoms with Gasteiger partial charge in [0.25, 0.3) is 0 Å². The molecular formula is C69H39F6N5. The van der Waals surface area contributed by atoms with E-state index >= 15 is 13.2 Å². The van der Waals surface area contributed by atoms with Gasteiger partial charge in [-0.1, -0.05) is 121 Å². The van der Waals surface area contributed by atoms with Crippen LogP contribution in [-0.2, 0) is 12.4 Å². The molecule has 0 atom stereocenters. The average Bonchev–Trinajstić information content (AvgIpc) is 4.26. The summed E-state index contributed by atoms with van der Waals surface area (Å²) in [5.41, 5.74) is 8.48. The molecule has 11 aromatic carbocycles. The molecule has 80 heavy (non-hydrogen) atoms. The molecule has 4 heterocycles. The van der Waals surface area contributed by atoms with E-state index in [4.69, 9.17) is 0 Å². The Morgan fingerprint density at radius 2 is 0.675 bits per heavy atom. The Morgan fingerprint density at radius 3 is 1.09 bits per heavy atom. The smallest absolute Gasteiger partial charge is 0.309 e. The lowest BCUT2D eigenvalue weighted by atomic mass is 9.92. The van der Waals surface area contributed by atoms with E-state index in [2.05, 4.69) is 115 Å². The molecule has 0 spiro atoms. The molecule has 11 heteroatoms. The Morgan fingerprint density at radius 1 is 0.300 bits per heavy atom. The molecule has 0 aliphatic carbocycles. The van der Waals surface area contributed by atoms with E-state index in [-0.39, 0.29) is 17.2 Å². The second-order valence-electron chi connectivity index (χ2n) is 20.2. The van der Waals surface area contributed by atoms with Crippen LogP contribution >= 0.6 is 0 Å². The predicted molar refractivity (Wildman–Crippen MR) is 309 cm³/mol. The van der Waals surface area contributed by atoms with Gasteiger partial charge < -0.3 is 18.3 Å². The average molecular weight is 1050 g/mol. The van der Waals surface area contributed by atoms with Crippen LogP contribution in [-0.4, -0.2) is 18.3 Å². The van der Waals surface area contributed by atoms with Crippen molar-refractivity contribution in [3.05, 3.63) is 253 Å². The first-order valence-corrected chi connectivity index (χ1v) is 25.9. The number of fused-ring (bicyclic) bond motifs is 12. The largest absolute Gasteiger partial charge is 0.417 e. The number of benzene rings is 11. The fourth-order valence-corrected chi connectivity index (χ4v) is 12.5. The monoisotopic (exact) mass is 1050 g/mol. The van der Waals surface area contributed by atoms with Gasteiger partial charge in [-0.25, -0.2) is 0 Å². The van der Waals surface area contributed by atoms with Gasteiger partial charge in [0.2, 0.25) is 0 Å². The van der Waals surface area contributed by atoms with Gasteiger partial charge in [-0.15, -0.1) is 0 Å². The molecular weight excluding hydrogens is 1010 g/mol. The van der Waals surface area contributed by atoms with E-state index < -0.39 is 29.0 Å². The molecule has 0 saturated carbocycles. The molecule has 0 aliphatic heterocycles. The fourth-order valence-electron chi connectivity index (χ4n) is 12.5. The number of nitrogens with zero attached hydrogens (tertiary/aromatic N) is 5. The van der Waals surface area contributed by atoms with Crippen molar-refractivity contribution in [3.63, 3.8) is 0 Å². The van der Waals surface area contributed by atoms with Crippen molar-refractivity contribution < 1.29 is 26.3 Å². The highest BCUT2D eigenvalue weighted by molar-refractivity contribution is 6.15. The molecule has 382 valence electrons. The predicted octanol–water partition coefficient (Wildman–Crippen LogP) is 19.3. The third-order valence-corrected chi connectivity index (χ3v) is 15.8. The van der Waals surface area contributed by atoms with Gasteiger partial charge in [0, 0.05) is 65.6 Å². The Kier molecular flexibility index (Phi) is 10.2. The normalized spacial score (nSPS) is 12.4. The Bertz CT molecular complexity index is 5030. The van der Waals surface area contributed by atoms with E-state index in [1.807, 2.05) is 97.1 Å². The third-order valence-electron chi connectivity index (χ3n) is 15.8. The lowest BCUT2D eigenvalue weighted by molar-refractivity contribution is -0.142. The van der Waals surface area contributed by atoms with Crippen molar-refractivity contribution in [3.8, 4) is 51.1 Å². The van der Waals surface area contributed by atoms with Crippen molar-refractivity contribution >= 4 is 87.2 Å². The zero-order valence-corrected chi connectivity index (χ0v) is 42.0. The van der Waals surface area contributed by atoms with Crippen LogP contribution in [0.3, 0.4) is 0 Å². The standard InChI is InChI=1S/C69H39F6N5/c70-68(71,72)43-27-30-46(57(37-43)69(73,74)75)42-26-32-65(80-63-24-12-6-18-52(63)56-39-45(29-34-67(56)80)78-60-21-9-3-15-49(60)50-16-4-10-22-61(50)78)54(36-42)53-35-41(40-76)25-31-64(53)79-62-23-11-5-17-51(62)55-38-44(28-33-66(55)79)77-58-19-7-1-13-47(58)48-14-2-8-20-59(48)77/h1-39H. The minimum absolute atomic E-state index is 0.0329. The Labute approximate surface area is 451 Å². The number of alkyl halides is 6.